The van der Waals surface area contributed by atoms with Crippen LogP contribution in [0, 0.1) is 7.14 Å². The first-order chi connectivity index (χ1) is 11.4. The van der Waals surface area contributed by atoms with Crippen molar-refractivity contribution in [2.45, 2.75) is 25.1 Å². The van der Waals surface area contributed by atoms with Gasteiger partial charge in [-0.25, -0.2) is 0 Å². The Hall–Kier alpha value is -0.913. The van der Waals surface area contributed by atoms with Crippen molar-refractivity contribution in [2.24, 2.45) is 0 Å². The highest BCUT2D eigenvalue weighted by atomic mass is 127. The molecule has 3 nitrogen and oxygen atoms in total. The third kappa shape index (κ3) is 4.83. The summed E-state index contributed by atoms with van der Waals surface area (Å²) in [5.41, 5.74) is -5.44. The molecule has 0 saturated carbocycles. The molecule has 0 N–H and O–H groups in total. The third-order valence-corrected chi connectivity index (χ3v) is 13.0. The largest absolute Gasteiger partial charge is 0.526 e. The van der Waals surface area contributed by atoms with E-state index in [0.29, 0.717) is 7.14 Å². The molecule has 0 aliphatic carbocycles. The normalized spacial score (nSPS) is 13.2. The van der Waals surface area contributed by atoms with Gasteiger partial charge in [-0.1, -0.05) is 56.0 Å². The molecule has 0 spiro atoms. The van der Waals surface area contributed by atoms with Crippen molar-refractivity contribution in [1.82, 2.24) is 0 Å². The Morgan fingerprint density at radius 1 is 0.920 bits per heavy atom. The van der Waals surface area contributed by atoms with E-state index in [-0.39, 0.29) is 0 Å². The van der Waals surface area contributed by atoms with Gasteiger partial charge >= 0.3 is 35.9 Å². The summed E-state index contributed by atoms with van der Waals surface area (Å²) < 4.78 is 67.9. The van der Waals surface area contributed by atoms with Crippen molar-refractivity contribution in [3.63, 3.8) is 0 Å². The van der Waals surface area contributed by atoms with Crippen LogP contribution in [-0.2, 0) is 12.6 Å². The average Bonchev–Trinajstić information content (AvgIpc) is 2.51. The topological polar surface area (TPSA) is 43.4 Å². The lowest BCUT2D eigenvalue weighted by Crippen LogP contribution is -3.86. The summed E-state index contributed by atoms with van der Waals surface area (Å²) >= 11 is -3.31. The standard InChI is InChI=1S/C16H18F3IO3SSi/c1-25(2,3)15-12-8-7-11-14(15)20(13-9-5-4-6-10-13)23-24(21,22)16(17,18)19/h4-12H,1-3H3/q+1. The average molecular weight is 502 g/mol. The molecule has 25 heavy (non-hydrogen) atoms. The van der Waals surface area contributed by atoms with Crippen molar-refractivity contribution >= 4 is 23.4 Å². The molecule has 137 valence electrons. The van der Waals surface area contributed by atoms with Gasteiger partial charge in [0.05, 0.1) is 8.07 Å². The van der Waals surface area contributed by atoms with Crippen LogP contribution in [-0.4, -0.2) is 22.0 Å². The molecule has 2 aromatic rings. The van der Waals surface area contributed by atoms with Gasteiger partial charge in [0.15, 0.2) is 7.14 Å². The van der Waals surface area contributed by atoms with Crippen LogP contribution in [0.4, 0.5) is 13.2 Å². The third-order valence-electron chi connectivity index (χ3n) is 3.23. The predicted molar refractivity (Wildman–Crippen MR) is 89.3 cm³/mol. The molecule has 0 aromatic heterocycles. The first-order valence-electron chi connectivity index (χ1n) is 7.29. The monoisotopic (exact) mass is 502 g/mol. The van der Waals surface area contributed by atoms with E-state index < -0.39 is 43.9 Å². The molecule has 9 heteroatoms. The summed E-state index contributed by atoms with van der Waals surface area (Å²) in [5, 5.41) is 0.918. The van der Waals surface area contributed by atoms with Gasteiger partial charge in [-0.3, -0.25) is 0 Å². The molecule has 2 rings (SSSR count). The predicted octanol–water partition coefficient (Wildman–Crippen LogP) is 0.677. The van der Waals surface area contributed by atoms with E-state index in [1.807, 2.05) is 12.1 Å². The molecular formula is C16H18F3IO3SSi+. The van der Waals surface area contributed by atoms with Crippen molar-refractivity contribution in [3.05, 3.63) is 61.7 Å². The van der Waals surface area contributed by atoms with Crippen molar-refractivity contribution in [2.75, 3.05) is 0 Å². The summed E-state index contributed by atoms with van der Waals surface area (Å²) in [6.45, 7) is 6.18. The van der Waals surface area contributed by atoms with Crippen LogP contribution in [0.1, 0.15) is 0 Å². The van der Waals surface area contributed by atoms with Gasteiger partial charge in [0.25, 0.3) is 0 Å². The van der Waals surface area contributed by atoms with Gasteiger partial charge in [-0.15, -0.1) is 0 Å². The maximum atomic E-state index is 12.9. The molecule has 1 radical (unpaired) electrons. The second kappa shape index (κ2) is 7.37. The van der Waals surface area contributed by atoms with Crippen LogP contribution in [0.3, 0.4) is 0 Å². The van der Waals surface area contributed by atoms with Crippen molar-refractivity contribution < 1.29 is 44.3 Å². The molecule has 2 aromatic carbocycles. The molecule has 0 aliphatic rings. The van der Waals surface area contributed by atoms with Gasteiger partial charge in [0, 0.05) is 0 Å². The summed E-state index contributed by atoms with van der Waals surface area (Å²) in [4.78, 5) is 0. The number of halogens is 4. The highest BCUT2D eigenvalue weighted by Crippen LogP contribution is 2.22. The van der Waals surface area contributed by atoms with E-state index in [1.165, 1.54) is 0 Å². The van der Waals surface area contributed by atoms with Crippen LogP contribution in [0.25, 0.3) is 0 Å². The second-order valence-electron chi connectivity index (χ2n) is 6.24. The molecule has 0 aliphatic heterocycles. The molecule has 0 unspecified atom stereocenters. The van der Waals surface area contributed by atoms with Crippen molar-refractivity contribution in [3.8, 4) is 0 Å². The van der Waals surface area contributed by atoms with Gasteiger partial charge in [-0.05, 0) is 25.9 Å². The van der Waals surface area contributed by atoms with Gasteiger partial charge < -0.3 is 0 Å². The Balaban J connectivity index is 2.63. The van der Waals surface area contributed by atoms with Gasteiger partial charge in [0.1, 0.15) is 0 Å². The number of alkyl halides is 3. The molecule has 0 heterocycles. The first kappa shape index (κ1) is 20.4. The zero-order valence-corrected chi connectivity index (χ0v) is 17.8. The zero-order valence-electron chi connectivity index (χ0n) is 13.8. The van der Waals surface area contributed by atoms with E-state index in [0.717, 1.165) is 5.19 Å². The Kier molecular flexibility index (Phi) is 6.02. The lowest BCUT2D eigenvalue weighted by molar-refractivity contribution is -1.03. The summed E-state index contributed by atoms with van der Waals surface area (Å²) in [5.74, 6) is 0. The molecule has 0 bridgehead atoms. The molecular weight excluding hydrogens is 484 g/mol. The molecule has 0 atom stereocenters. The summed E-state index contributed by atoms with van der Waals surface area (Å²) in [6, 6.07) is 15.4. The zero-order chi connectivity index (χ0) is 18.9. The fourth-order valence-corrected chi connectivity index (χ4v) is 13.0. The lowest BCUT2D eigenvalue weighted by Gasteiger charge is -2.19. The highest BCUT2D eigenvalue weighted by Gasteiger charge is 2.54. The first-order valence-corrected chi connectivity index (χ1v) is 15.2. The Morgan fingerprint density at radius 2 is 1.44 bits per heavy atom. The second-order valence-corrected chi connectivity index (χ2v) is 17.7. The minimum atomic E-state index is -5.67. The van der Waals surface area contributed by atoms with Crippen LogP contribution in [0.15, 0.2) is 54.6 Å². The quantitative estimate of drug-likeness (QED) is 0.343. The van der Waals surface area contributed by atoms with Crippen LogP contribution in [0.2, 0.25) is 19.6 Å². The lowest BCUT2D eigenvalue weighted by atomic mass is 10.4. The van der Waals surface area contributed by atoms with E-state index in [4.69, 9.17) is 2.51 Å². The number of hydrogen-bond donors (Lipinski definition) is 0. The summed E-state index contributed by atoms with van der Waals surface area (Å²) in [6.07, 6.45) is 0. The maximum absolute atomic E-state index is 12.9. The van der Waals surface area contributed by atoms with E-state index in [1.54, 1.807) is 42.5 Å². The van der Waals surface area contributed by atoms with Crippen LogP contribution in [0.5, 0.6) is 0 Å². The fraction of sp³-hybridized carbons (Fsp3) is 0.250. The van der Waals surface area contributed by atoms with Crippen LogP contribution >= 0.6 is 0 Å². The summed E-state index contributed by atoms with van der Waals surface area (Å²) in [7, 11) is -7.58. The molecule has 0 saturated heterocycles. The van der Waals surface area contributed by atoms with E-state index >= 15 is 0 Å². The smallest absolute Gasteiger partial charge is 0.186 e. The SMILES string of the molecule is C[Si](C)(C)c1ccccc1[I+](OS(=O)(=O)C(F)(F)F)c1ccccc1. The Labute approximate surface area is 154 Å². The van der Waals surface area contributed by atoms with Gasteiger partial charge in [0.2, 0.25) is 0 Å². The van der Waals surface area contributed by atoms with E-state index in [2.05, 4.69) is 19.6 Å². The number of benzene rings is 2. The fourth-order valence-electron chi connectivity index (χ4n) is 2.05. The maximum Gasteiger partial charge on any atom is 0.526 e. The molecule has 0 fully saturated rings. The van der Waals surface area contributed by atoms with E-state index in [9.17, 15) is 21.6 Å². The van der Waals surface area contributed by atoms with Crippen LogP contribution < -0.4 is 25.4 Å². The number of hydrogen-bond acceptors (Lipinski definition) is 3. The molecule has 0 amide bonds. The van der Waals surface area contributed by atoms with Crippen molar-refractivity contribution in [1.29, 1.82) is 0 Å². The highest BCUT2D eigenvalue weighted by molar-refractivity contribution is 7.87. The Morgan fingerprint density at radius 3 is 1.96 bits per heavy atom. The minimum absolute atomic E-state index is 0.505. The van der Waals surface area contributed by atoms with Gasteiger partial charge in [-0.2, -0.15) is 21.6 Å². The minimum Gasteiger partial charge on any atom is -0.186 e. The number of rotatable bonds is 5. The Bertz CT molecular complexity index is 834.